The van der Waals surface area contributed by atoms with Crippen molar-refractivity contribution in [1.29, 1.82) is 0 Å². The Bertz CT molecular complexity index is 674. The summed E-state index contributed by atoms with van der Waals surface area (Å²) in [5.74, 6) is 0.0537. The molecule has 6 heteroatoms. The Morgan fingerprint density at radius 1 is 1.33 bits per heavy atom. The Labute approximate surface area is 127 Å². The zero-order valence-corrected chi connectivity index (χ0v) is 12.1. The number of nitrogen functional groups attached to an aromatic ring is 1. The summed E-state index contributed by atoms with van der Waals surface area (Å²) >= 11 is 5.73. The summed E-state index contributed by atoms with van der Waals surface area (Å²) in [6.07, 6.45) is 0. The number of carbonyl (C=O) groups is 1. The molecule has 1 amide bonds. The van der Waals surface area contributed by atoms with Crippen molar-refractivity contribution in [3.63, 3.8) is 0 Å². The van der Waals surface area contributed by atoms with Gasteiger partial charge in [-0.25, -0.2) is 0 Å². The van der Waals surface area contributed by atoms with Gasteiger partial charge in [0.1, 0.15) is 11.5 Å². The van der Waals surface area contributed by atoms with Gasteiger partial charge in [-0.05, 0) is 36.4 Å². The molecule has 0 aliphatic carbocycles. The number of benzene rings is 2. The second-order valence-corrected chi connectivity index (χ2v) is 4.85. The van der Waals surface area contributed by atoms with Gasteiger partial charge in [-0.1, -0.05) is 11.6 Å². The molecule has 0 atom stereocenters. The van der Waals surface area contributed by atoms with E-state index in [2.05, 4.69) is 5.32 Å². The number of halogens is 1. The third kappa shape index (κ3) is 3.58. The van der Waals surface area contributed by atoms with Crippen molar-refractivity contribution in [2.45, 2.75) is 6.54 Å². The van der Waals surface area contributed by atoms with Crippen LogP contribution in [0.2, 0.25) is 5.02 Å². The molecule has 0 saturated carbocycles. The number of methoxy groups -OCH3 is 1. The zero-order valence-electron chi connectivity index (χ0n) is 11.4. The maximum absolute atomic E-state index is 12.0. The topological polar surface area (TPSA) is 84.6 Å². The Balaban J connectivity index is 2.12. The van der Waals surface area contributed by atoms with Crippen LogP contribution in [0.3, 0.4) is 0 Å². The molecule has 2 aromatic rings. The van der Waals surface area contributed by atoms with E-state index in [-0.39, 0.29) is 17.9 Å². The van der Waals surface area contributed by atoms with E-state index in [9.17, 15) is 9.90 Å². The van der Waals surface area contributed by atoms with Crippen LogP contribution < -0.4 is 15.8 Å². The van der Waals surface area contributed by atoms with Crippen LogP contribution >= 0.6 is 11.6 Å². The van der Waals surface area contributed by atoms with Crippen LogP contribution in [0.4, 0.5) is 5.69 Å². The monoisotopic (exact) mass is 306 g/mol. The van der Waals surface area contributed by atoms with E-state index in [0.29, 0.717) is 16.5 Å². The van der Waals surface area contributed by atoms with Gasteiger partial charge in [-0.3, -0.25) is 4.79 Å². The van der Waals surface area contributed by atoms with Crippen molar-refractivity contribution >= 4 is 23.2 Å². The van der Waals surface area contributed by atoms with Crippen LogP contribution in [0, 0.1) is 0 Å². The minimum Gasteiger partial charge on any atom is -0.507 e. The third-order valence-corrected chi connectivity index (χ3v) is 3.18. The van der Waals surface area contributed by atoms with Gasteiger partial charge in [0.05, 0.1) is 12.7 Å². The van der Waals surface area contributed by atoms with Gasteiger partial charge in [0.25, 0.3) is 5.91 Å². The smallest absolute Gasteiger partial charge is 0.255 e. The first kappa shape index (κ1) is 15.0. The summed E-state index contributed by atoms with van der Waals surface area (Å²) in [7, 11) is 1.54. The van der Waals surface area contributed by atoms with Crippen molar-refractivity contribution in [3.05, 3.63) is 52.5 Å². The van der Waals surface area contributed by atoms with Crippen LogP contribution in [0.25, 0.3) is 0 Å². The summed E-state index contributed by atoms with van der Waals surface area (Å²) in [6, 6.07) is 9.49. The lowest BCUT2D eigenvalue weighted by Crippen LogP contribution is -2.23. The largest absolute Gasteiger partial charge is 0.507 e. The second kappa shape index (κ2) is 6.37. The minimum atomic E-state index is -0.409. The van der Waals surface area contributed by atoms with Gasteiger partial charge in [0.2, 0.25) is 0 Å². The van der Waals surface area contributed by atoms with Crippen molar-refractivity contribution in [1.82, 2.24) is 5.32 Å². The fourth-order valence-corrected chi connectivity index (χ4v) is 2.07. The van der Waals surface area contributed by atoms with Crippen LogP contribution in [-0.4, -0.2) is 18.1 Å². The number of anilines is 1. The number of aromatic hydroxyl groups is 1. The fraction of sp³-hybridized carbons (Fsp3) is 0.133. The molecule has 5 nitrogen and oxygen atoms in total. The zero-order chi connectivity index (χ0) is 15.4. The molecule has 0 aliphatic heterocycles. The molecule has 0 aliphatic rings. The fourth-order valence-electron chi connectivity index (χ4n) is 1.90. The van der Waals surface area contributed by atoms with Crippen molar-refractivity contribution in [2.75, 3.05) is 12.8 Å². The number of rotatable bonds is 4. The summed E-state index contributed by atoms with van der Waals surface area (Å²) < 4.78 is 5.20. The first-order valence-corrected chi connectivity index (χ1v) is 6.58. The molecule has 0 aromatic heterocycles. The average Bonchev–Trinajstić information content (AvgIpc) is 2.45. The summed E-state index contributed by atoms with van der Waals surface area (Å²) in [4.78, 5) is 12.0. The molecule has 2 rings (SSSR count). The van der Waals surface area contributed by atoms with E-state index in [1.165, 1.54) is 18.2 Å². The predicted octanol–water partition coefficient (Wildman–Crippen LogP) is 2.57. The van der Waals surface area contributed by atoms with Crippen LogP contribution in [0.15, 0.2) is 36.4 Å². The Hall–Kier alpha value is -2.40. The minimum absolute atomic E-state index is 0.155. The quantitative estimate of drug-likeness (QED) is 0.758. The SMILES string of the molecule is COc1ccc(N)cc1CNC(=O)c1ccc(Cl)cc1O. The molecular formula is C15H15ClN2O3. The molecule has 0 heterocycles. The number of carbonyl (C=O) groups excluding carboxylic acids is 1. The Kier molecular flexibility index (Phi) is 4.55. The standard InChI is InChI=1S/C15H15ClN2O3/c1-21-14-5-3-11(17)6-9(14)8-18-15(20)12-4-2-10(16)7-13(12)19/h2-7,19H,8,17H2,1H3,(H,18,20). The molecule has 110 valence electrons. The number of amides is 1. The van der Waals surface area contributed by atoms with E-state index in [1.807, 2.05) is 0 Å². The Morgan fingerprint density at radius 3 is 2.76 bits per heavy atom. The van der Waals surface area contributed by atoms with Crippen molar-refractivity contribution < 1.29 is 14.6 Å². The van der Waals surface area contributed by atoms with Gasteiger partial charge in [-0.2, -0.15) is 0 Å². The van der Waals surface area contributed by atoms with E-state index in [4.69, 9.17) is 22.1 Å². The highest BCUT2D eigenvalue weighted by Gasteiger charge is 2.12. The molecule has 0 saturated heterocycles. The van der Waals surface area contributed by atoms with Gasteiger partial charge < -0.3 is 20.9 Å². The molecule has 21 heavy (non-hydrogen) atoms. The first-order valence-electron chi connectivity index (χ1n) is 6.20. The lowest BCUT2D eigenvalue weighted by molar-refractivity contribution is 0.0948. The lowest BCUT2D eigenvalue weighted by atomic mass is 10.1. The van der Waals surface area contributed by atoms with Gasteiger partial charge >= 0.3 is 0 Å². The highest BCUT2D eigenvalue weighted by molar-refractivity contribution is 6.30. The van der Waals surface area contributed by atoms with Crippen LogP contribution in [0.1, 0.15) is 15.9 Å². The number of hydrogen-bond acceptors (Lipinski definition) is 4. The van der Waals surface area contributed by atoms with E-state index < -0.39 is 5.91 Å². The van der Waals surface area contributed by atoms with Gasteiger partial charge in [0.15, 0.2) is 0 Å². The van der Waals surface area contributed by atoms with Crippen LogP contribution in [0.5, 0.6) is 11.5 Å². The molecule has 4 N–H and O–H groups in total. The molecule has 0 fully saturated rings. The number of ether oxygens (including phenoxy) is 1. The molecule has 2 aromatic carbocycles. The number of phenols is 1. The summed E-state index contributed by atoms with van der Waals surface area (Å²) in [5, 5.41) is 12.8. The number of nitrogens with one attached hydrogen (secondary N) is 1. The Morgan fingerprint density at radius 2 is 2.10 bits per heavy atom. The number of nitrogens with two attached hydrogens (primary N) is 1. The highest BCUT2D eigenvalue weighted by atomic mass is 35.5. The number of phenolic OH excluding ortho intramolecular Hbond substituents is 1. The summed E-state index contributed by atoms with van der Waals surface area (Å²) in [5.41, 5.74) is 7.20. The van der Waals surface area contributed by atoms with E-state index in [0.717, 1.165) is 5.56 Å². The normalized spacial score (nSPS) is 10.2. The van der Waals surface area contributed by atoms with E-state index in [1.54, 1.807) is 25.3 Å². The molecule has 0 bridgehead atoms. The van der Waals surface area contributed by atoms with Gasteiger partial charge in [-0.15, -0.1) is 0 Å². The van der Waals surface area contributed by atoms with E-state index >= 15 is 0 Å². The third-order valence-electron chi connectivity index (χ3n) is 2.95. The maximum atomic E-state index is 12.0. The van der Waals surface area contributed by atoms with Gasteiger partial charge in [0, 0.05) is 22.8 Å². The molecule has 0 spiro atoms. The molecule has 0 unspecified atom stereocenters. The summed E-state index contributed by atoms with van der Waals surface area (Å²) in [6.45, 7) is 0.231. The second-order valence-electron chi connectivity index (χ2n) is 4.42. The highest BCUT2D eigenvalue weighted by Crippen LogP contribution is 2.23. The van der Waals surface area contributed by atoms with Crippen molar-refractivity contribution in [2.24, 2.45) is 0 Å². The maximum Gasteiger partial charge on any atom is 0.255 e. The molecule has 0 radical (unpaired) electrons. The number of hydrogen-bond donors (Lipinski definition) is 3. The lowest BCUT2D eigenvalue weighted by Gasteiger charge is -2.11. The average molecular weight is 307 g/mol. The van der Waals surface area contributed by atoms with Crippen molar-refractivity contribution in [3.8, 4) is 11.5 Å². The molecular weight excluding hydrogens is 292 g/mol. The first-order chi connectivity index (χ1) is 10.0. The van der Waals surface area contributed by atoms with Crippen LogP contribution in [-0.2, 0) is 6.54 Å². The predicted molar refractivity (Wildman–Crippen MR) is 81.7 cm³/mol.